The van der Waals surface area contributed by atoms with Crippen LogP contribution >= 0.6 is 0 Å². The van der Waals surface area contributed by atoms with E-state index in [2.05, 4.69) is 10.3 Å². The van der Waals surface area contributed by atoms with E-state index in [1.165, 1.54) is 0 Å². The van der Waals surface area contributed by atoms with Crippen LogP contribution in [0.5, 0.6) is 5.75 Å². The molecule has 1 N–H and O–H groups in total. The Kier molecular flexibility index (Phi) is 3.10. The summed E-state index contributed by atoms with van der Waals surface area (Å²) in [6, 6.07) is 7.87. The number of hydrogen-bond acceptors (Lipinski definition) is 3. The van der Waals surface area contributed by atoms with Crippen molar-refractivity contribution in [2.24, 2.45) is 0 Å². The number of aromatic nitrogens is 2. The number of nitrogens with one attached hydrogen (secondary N) is 1. The fourth-order valence-corrected chi connectivity index (χ4v) is 1.54. The molecule has 0 amide bonds. The quantitative estimate of drug-likeness (QED) is 0.854. The predicted octanol–water partition coefficient (Wildman–Crippen LogP) is 2.31. The van der Waals surface area contributed by atoms with Crippen molar-refractivity contribution in [2.45, 2.75) is 6.92 Å². The van der Waals surface area contributed by atoms with E-state index in [9.17, 15) is 0 Å². The fraction of sp³-hybridized carbons (Fsp3) is 0.250. The van der Waals surface area contributed by atoms with Gasteiger partial charge in [-0.1, -0.05) is 0 Å². The number of nitrogens with zero attached hydrogens (tertiary/aromatic N) is 2. The number of imidazole rings is 1. The molecule has 2 rings (SSSR count). The van der Waals surface area contributed by atoms with Crippen LogP contribution in [0.1, 0.15) is 6.92 Å². The average molecular weight is 217 g/mol. The molecular weight excluding hydrogens is 202 g/mol. The Morgan fingerprint density at radius 2 is 2.06 bits per heavy atom. The van der Waals surface area contributed by atoms with Gasteiger partial charge in [0.05, 0.1) is 7.11 Å². The van der Waals surface area contributed by atoms with Crippen molar-refractivity contribution in [1.82, 2.24) is 9.55 Å². The molecule has 1 aromatic heterocycles. The Morgan fingerprint density at radius 3 is 2.69 bits per heavy atom. The Morgan fingerprint density at radius 1 is 1.31 bits per heavy atom. The highest BCUT2D eigenvalue weighted by atomic mass is 16.5. The molecule has 1 heterocycles. The number of hydrogen-bond donors (Lipinski definition) is 1. The molecule has 0 radical (unpaired) electrons. The number of rotatable bonds is 4. The molecule has 4 heteroatoms. The minimum Gasteiger partial charge on any atom is -0.497 e. The monoisotopic (exact) mass is 217 g/mol. The maximum Gasteiger partial charge on any atom is 0.207 e. The molecule has 0 saturated heterocycles. The lowest BCUT2D eigenvalue weighted by Gasteiger charge is -2.08. The SMILES string of the molecule is CCNc1nccn1-c1ccc(OC)cc1. The van der Waals surface area contributed by atoms with E-state index in [1.807, 2.05) is 42.0 Å². The highest BCUT2D eigenvalue weighted by Crippen LogP contribution is 2.17. The van der Waals surface area contributed by atoms with Crippen molar-refractivity contribution in [1.29, 1.82) is 0 Å². The summed E-state index contributed by atoms with van der Waals surface area (Å²) in [4.78, 5) is 4.25. The Hall–Kier alpha value is -1.97. The highest BCUT2D eigenvalue weighted by Gasteiger charge is 2.03. The minimum absolute atomic E-state index is 0.854. The van der Waals surface area contributed by atoms with Gasteiger partial charge < -0.3 is 10.1 Å². The van der Waals surface area contributed by atoms with E-state index in [1.54, 1.807) is 13.3 Å². The molecule has 0 fully saturated rings. The Balaban J connectivity index is 2.31. The molecule has 4 nitrogen and oxygen atoms in total. The summed E-state index contributed by atoms with van der Waals surface area (Å²) >= 11 is 0. The normalized spacial score (nSPS) is 10.1. The van der Waals surface area contributed by atoms with Crippen LogP contribution in [0, 0.1) is 0 Å². The molecular formula is C12H15N3O. The summed E-state index contributed by atoms with van der Waals surface area (Å²) in [5, 5.41) is 3.20. The lowest BCUT2D eigenvalue weighted by atomic mass is 10.3. The summed E-state index contributed by atoms with van der Waals surface area (Å²) < 4.78 is 7.13. The first kappa shape index (κ1) is 10.5. The van der Waals surface area contributed by atoms with E-state index in [0.717, 1.165) is 23.9 Å². The minimum atomic E-state index is 0.854. The van der Waals surface area contributed by atoms with Crippen molar-refractivity contribution >= 4 is 5.95 Å². The molecule has 0 atom stereocenters. The smallest absolute Gasteiger partial charge is 0.207 e. The summed E-state index contributed by atoms with van der Waals surface area (Å²) in [7, 11) is 1.66. The molecule has 0 aliphatic rings. The van der Waals surface area contributed by atoms with E-state index in [-0.39, 0.29) is 0 Å². The predicted molar refractivity (Wildman–Crippen MR) is 64.3 cm³/mol. The van der Waals surface area contributed by atoms with Crippen LogP contribution in [-0.2, 0) is 0 Å². The molecule has 1 aromatic carbocycles. The summed E-state index contributed by atoms with van der Waals surface area (Å²) in [5.41, 5.74) is 1.06. The van der Waals surface area contributed by atoms with Crippen LogP contribution in [-0.4, -0.2) is 23.2 Å². The van der Waals surface area contributed by atoms with Crippen LogP contribution in [0.2, 0.25) is 0 Å². The van der Waals surface area contributed by atoms with E-state index in [0.29, 0.717) is 0 Å². The second-order valence-corrected chi connectivity index (χ2v) is 3.35. The van der Waals surface area contributed by atoms with Crippen molar-refractivity contribution < 1.29 is 4.74 Å². The standard InChI is InChI=1S/C12H15N3O/c1-3-13-12-14-8-9-15(12)10-4-6-11(16-2)7-5-10/h4-9H,3H2,1-2H3,(H,13,14). The first-order chi connectivity index (χ1) is 7.85. The second kappa shape index (κ2) is 4.70. The third kappa shape index (κ3) is 2.00. The molecule has 16 heavy (non-hydrogen) atoms. The van der Waals surface area contributed by atoms with Gasteiger partial charge in [-0.2, -0.15) is 0 Å². The summed E-state index contributed by atoms with van der Waals surface area (Å²) in [5.74, 6) is 1.71. The first-order valence-electron chi connectivity index (χ1n) is 5.26. The second-order valence-electron chi connectivity index (χ2n) is 3.35. The van der Waals surface area contributed by atoms with Gasteiger partial charge in [0.25, 0.3) is 0 Å². The van der Waals surface area contributed by atoms with Crippen LogP contribution in [0.25, 0.3) is 5.69 Å². The number of benzene rings is 1. The number of methoxy groups -OCH3 is 1. The molecule has 0 aliphatic heterocycles. The molecule has 84 valence electrons. The summed E-state index contributed by atoms with van der Waals surface area (Å²) in [6.07, 6.45) is 3.71. The van der Waals surface area contributed by atoms with Gasteiger partial charge in [0.15, 0.2) is 0 Å². The van der Waals surface area contributed by atoms with E-state index in [4.69, 9.17) is 4.74 Å². The van der Waals surface area contributed by atoms with E-state index < -0.39 is 0 Å². The van der Waals surface area contributed by atoms with Crippen LogP contribution in [0.3, 0.4) is 0 Å². The number of anilines is 1. The van der Waals surface area contributed by atoms with Gasteiger partial charge in [-0.25, -0.2) is 4.98 Å². The van der Waals surface area contributed by atoms with Crippen LogP contribution in [0.15, 0.2) is 36.7 Å². The van der Waals surface area contributed by atoms with Crippen molar-refractivity contribution in [2.75, 3.05) is 19.0 Å². The Labute approximate surface area is 94.9 Å². The highest BCUT2D eigenvalue weighted by molar-refractivity contribution is 5.44. The maximum absolute atomic E-state index is 5.12. The largest absolute Gasteiger partial charge is 0.497 e. The van der Waals surface area contributed by atoms with E-state index >= 15 is 0 Å². The van der Waals surface area contributed by atoms with Gasteiger partial charge in [0.1, 0.15) is 5.75 Å². The maximum atomic E-state index is 5.12. The van der Waals surface area contributed by atoms with Gasteiger partial charge in [-0.15, -0.1) is 0 Å². The van der Waals surface area contributed by atoms with Gasteiger partial charge >= 0.3 is 0 Å². The zero-order chi connectivity index (χ0) is 11.4. The van der Waals surface area contributed by atoms with Crippen molar-refractivity contribution in [3.63, 3.8) is 0 Å². The van der Waals surface area contributed by atoms with Crippen molar-refractivity contribution in [3.8, 4) is 11.4 Å². The molecule has 0 saturated carbocycles. The molecule has 0 aliphatic carbocycles. The molecule has 2 aromatic rings. The van der Waals surface area contributed by atoms with Crippen molar-refractivity contribution in [3.05, 3.63) is 36.7 Å². The number of ether oxygens (including phenoxy) is 1. The third-order valence-electron chi connectivity index (χ3n) is 2.33. The Bertz CT molecular complexity index is 448. The molecule has 0 bridgehead atoms. The van der Waals surface area contributed by atoms with Gasteiger partial charge in [-0.05, 0) is 31.2 Å². The average Bonchev–Trinajstić information content (AvgIpc) is 2.78. The van der Waals surface area contributed by atoms with Gasteiger partial charge in [-0.3, -0.25) is 4.57 Å². The zero-order valence-electron chi connectivity index (χ0n) is 9.47. The topological polar surface area (TPSA) is 39.1 Å². The summed E-state index contributed by atoms with van der Waals surface area (Å²) in [6.45, 7) is 2.90. The molecule has 0 spiro atoms. The first-order valence-corrected chi connectivity index (χ1v) is 5.26. The third-order valence-corrected chi connectivity index (χ3v) is 2.33. The lowest BCUT2D eigenvalue weighted by molar-refractivity contribution is 0.415. The lowest BCUT2D eigenvalue weighted by Crippen LogP contribution is -2.04. The van der Waals surface area contributed by atoms with Crippen LogP contribution in [0.4, 0.5) is 5.95 Å². The van der Waals surface area contributed by atoms with Gasteiger partial charge in [0.2, 0.25) is 5.95 Å². The van der Waals surface area contributed by atoms with Gasteiger partial charge in [0, 0.05) is 24.6 Å². The molecule has 0 unspecified atom stereocenters. The van der Waals surface area contributed by atoms with Crippen LogP contribution < -0.4 is 10.1 Å². The zero-order valence-corrected chi connectivity index (χ0v) is 9.47. The fourth-order valence-electron chi connectivity index (χ4n) is 1.54.